The van der Waals surface area contributed by atoms with Crippen molar-refractivity contribution in [2.75, 3.05) is 0 Å². The van der Waals surface area contributed by atoms with E-state index in [1.54, 1.807) is 0 Å². The molecular formula is C30H28N2. The van der Waals surface area contributed by atoms with Gasteiger partial charge in [-0.1, -0.05) is 66.7 Å². The lowest BCUT2D eigenvalue weighted by molar-refractivity contribution is 0.965. The number of rotatable bonds is 6. The monoisotopic (exact) mass is 416 g/mol. The van der Waals surface area contributed by atoms with Gasteiger partial charge in [-0.15, -0.1) is 13.2 Å². The zero-order valence-corrected chi connectivity index (χ0v) is 18.8. The number of hydrogen-bond acceptors (Lipinski definition) is 0. The number of fused-ring (bicyclic) bond motifs is 2. The molecule has 2 heterocycles. The minimum Gasteiger partial charge on any atom is -0.343 e. The minimum atomic E-state index is 0.844. The summed E-state index contributed by atoms with van der Waals surface area (Å²) in [6, 6.07) is 26.2. The van der Waals surface area contributed by atoms with Crippen LogP contribution in [0.1, 0.15) is 11.1 Å². The van der Waals surface area contributed by atoms with E-state index in [1.807, 2.05) is 12.2 Å². The predicted molar refractivity (Wildman–Crippen MR) is 138 cm³/mol. The van der Waals surface area contributed by atoms with E-state index >= 15 is 0 Å². The Morgan fingerprint density at radius 3 is 1.50 bits per heavy atom. The maximum atomic E-state index is 4.02. The highest BCUT2D eigenvalue weighted by Crippen LogP contribution is 2.38. The van der Waals surface area contributed by atoms with E-state index in [0.717, 1.165) is 12.8 Å². The topological polar surface area (TPSA) is 9.86 Å². The summed E-state index contributed by atoms with van der Waals surface area (Å²) < 4.78 is 4.64. The van der Waals surface area contributed by atoms with Crippen molar-refractivity contribution >= 4 is 21.8 Å². The Morgan fingerprint density at radius 2 is 1.06 bits per heavy atom. The van der Waals surface area contributed by atoms with Crippen LogP contribution in [0.4, 0.5) is 0 Å². The second-order valence-electron chi connectivity index (χ2n) is 8.37. The number of nitrogens with zero attached hydrogens (tertiary/aromatic N) is 2. The molecule has 0 amide bonds. The van der Waals surface area contributed by atoms with Gasteiger partial charge in [-0.25, -0.2) is 0 Å². The van der Waals surface area contributed by atoms with E-state index in [0.29, 0.717) is 0 Å². The molecule has 0 aliphatic carbocycles. The van der Waals surface area contributed by atoms with Crippen LogP contribution in [0, 0.1) is 0 Å². The van der Waals surface area contributed by atoms with Gasteiger partial charge in [-0.2, -0.15) is 0 Å². The quantitative estimate of drug-likeness (QED) is 0.254. The molecule has 158 valence electrons. The van der Waals surface area contributed by atoms with Crippen molar-refractivity contribution in [1.82, 2.24) is 9.13 Å². The molecule has 5 aromatic rings. The molecule has 2 aromatic heterocycles. The molecule has 2 nitrogen and oxygen atoms in total. The molecule has 0 spiro atoms. The largest absolute Gasteiger partial charge is 0.343 e. The van der Waals surface area contributed by atoms with Gasteiger partial charge >= 0.3 is 0 Å². The lowest BCUT2D eigenvalue weighted by Crippen LogP contribution is -1.97. The van der Waals surface area contributed by atoms with Gasteiger partial charge in [-0.05, 0) is 53.3 Å². The smallest absolute Gasteiger partial charge is 0.0524 e. The summed E-state index contributed by atoms with van der Waals surface area (Å²) in [5.41, 5.74) is 10.1. The summed E-state index contributed by atoms with van der Waals surface area (Å²) in [5, 5.41) is 2.60. The number of aromatic nitrogens is 2. The Bertz CT molecular complexity index is 1370. The third-order valence-corrected chi connectivity index (χ3v) is 6.53. The van der Waals surface area contributed by atoms with Crippen molar-refractivity contribution in [2.24, 2.45) is 14.1 Å². The second-order valence-corrected chi connectivity index (χ2v) is 8.37. The van der Waals surface area contributed by atoms with Crippen molar-refractivity contribution in [3.63, 3.8) is 0 Å². The van der Waals surface area contributed by atoms with Crippen molar-refractivity contribution < 1.29 is 0 Å². The third kappa shape index (κ3) is 3.03. The van der Waals surface area contributed by atoms with Gasteiger partial charge in [0.2, 0.25) is 0 Å². The highest BCUT2D eigenvalue weighted by molar-refractivity contribution is 5.95. The Hall–Kier alpha value is -3.78. The molecule has 0 N–H and O–H groups in total. The summed E-state index contributed by atoms with van der Waals surface area (Å²) in [6.45, 7) is 8.04. The molecule has 0 radical (unpaired) electrons. The Labute approximate surface area is 189 Å². The molecule has 32 heavy (non-hydrogen) atoms. The van der Waals surface area contributed by atoms with Gasteiger partial charge in [-0.3, -0.25) is 0 Å². The summed E-state index contributed by atoms with van der Waals surface area (Å²) in [5.74, 6) is 0. The third-order valence-electron chi connectivity index (χ3n) is 6.53. The van der Waals surface area contributed by atoms with Gasteiger partial charge in [0.15, 0.2) is 0 Å². The Morgan fingerprint density at radius 1 is 0.625 bits per heavy atom. The molecule has 5 rings (SSSR count). The molecule has 0 saturated carbocycles. The normalized spacial score (nSPS) is 11.3. The predicted octanol–water partition coefficient (Wildman–Crippen LogP) is 7.46. The molecule has 0 unspecified atom stereocenters. The number of para-hydroxylation sites is 2. The number of aryl methyl sites for hydroxylation is 2. The van der Waals surface area contributed by atoms with E-state index in [-0.39, 0.29) is 0 Å². The van der Waals surface area contributed by atoms with Crippen LogP contribution in [-0.4, -0.2) is 9.13 Å². The highest BCUT2D eigenvalue weighted by Gasteiger charge is 2.19. The van der Waals surface area contributed by atoms with Crippen LogP contribution >= 0.6 is 0 Å². The van der Waals surface area contributed by atoms with Crippen molar-refractivity contribution in [2.45, 2.75) is 12.8 Å². The molecule has 3 aromatic carbocycles. The number of hydrogen-bond donors (Lipinski definition) is 0. The molecule has 0 atom stereocenters. The van der Waals surface area contributed by atoms with E-state index in [4.69, 9.17) is 0 Å². The van der Waals surface area contributed by atoms with E-state index in [9.17, 15) is 0 Å². The summed E-state index contributed by atoms with van der Waals surface area (Å²) in [4.78, 5) is 0. The molecule has 2 heteroatoms. The first-order chi connectivity index (χ1) is 15.7. The van der Waals surface area contributed by atoms with Crippen LogP contribution in [0.25, 0.3) is 44.3 Å². The summed E-state index contributed by atoms with van der Waals surface area (Å²) >= 11 is 0. The SMILES string of the molecule is C=CCc1c(-c2cccc(-c3c(CC=C)c4ccccc4n3C)c2)n(C)c2ccccc12. The Kier molecular flexibility index (Phi) is 5.07. The van der Waals surface area contributed by atoms with Gasteiger partial charge in [0, 0.05) is 35.9 Å². The van der Waals surface area contributed by atoms with Crippen LogP contribution in [0.5, 0.6) is 0 Å². The number of benzene rings is 3. The molecular weight excluding hydrogens is 388 g/mol. The first-order valence-corrected chi connectivity index (χ1v) is 11.1. The van der Waals surface area contributed by atoms with Gasteiger partial charge in [0.25, 0.3) is 0 Å². The van der Waals surface area contributed by atoms with Crippen molar-refractivity contribution in [1.29, 1.82) is 0 Å². The first kappa shape index (κ1) is 20.1. The lowest BCUT2D eigenvalue weighted by Gasteiger charge is -2.12. The standard InChI is InChI=1S/C30H28N2/c1-5-12-25-23-16-7-9-18-27(23)31(3)29(25)21-14-11-15-22(20-21)30-26(13-6-2)24-17-8-10-19-28(24)32(30)4/h5-11,14-20H,1-2,12-13H2,3-4H3. The average Bonchev–Trinajstić information content (AvgIpc) is 3.26. The maximum Gasteiger partial charge on any atom is 0.0524 e. The van der Waals surface area contributed by atoms with Gasteiger partial charge in [0.05, 0.1) is 11.4 Å². The fourth-order valence-corrected chi connectivity index (χ4v) is 5.20. The summed E-state index contributed by atoms with van der Waals surface area (Å²) in [7, 11) is 4.33. The molecule has 0 aliphatic heterocycles. The van der Waals surface area contributed by atoms with E-state index < -0.39 is 0 Å². The number of allylic oxidation sites excluding steroid dienone is 2. The first-order valence-electron chi connectivity index (χ1n) is 11.1. The zero-order valence-electron chi connectivity index (χ0n) is 18.8. The van der Waals surface area contributed by atoms with Gasteiger partial charge in [0.1, 0.15) is 0 Å². The minimum absolute atomic E-state index is 0.844. The molecule has 0 bridgehead atoms. The van der Waals surface area contributed by atoms with Crippen molar-refractivity contribution in [3.8, 4) is 22.5 Å². The van der Waals surface area contributed by atoms with Crippen LogP contribution in [0.15, 0.2) is 98.1 Å². The molecule has 0 saturated heterocycles. The highest BCUT2D eigenvalue weighted by atomic mass is 15.0. The fraction of sp³-hybridized carbons (Fsp3) is 0.133. The second kappa shape index (κ2) is 8.05. The van der Waals surface area contributed by atoms with Crippen molar-refractivity contribution in [3.05, 3.63) is 109 Å². The van der Waals surface area contributed by atoms with Gasteiger partial charge < -0.3 is 9.13 Å². The Balaban J connectivity index is 1.77. The van der Waals surface area contributed by atoms with Crippen LogP contribution in [0.3, 0.4) is 0 Å². The maximum absolute atomic E-state index is 4.02. The van der Waals surface area contributed by atoms with Crippen LogP contribution < -0.4 is 0 Å². The lowest BCUT2D eigenvalue weighted by atomic mass is 9.97. The zero-order chi connectivity index (χ0) is 22.2. The summed E-state index contributed by atoms with van der Waals surface area (Å²) in [6.07, 6.45) is 5.69. The van der Waals surface area contributed by atoms with Crippen LogP contribution in [0.2, 0.25) is 0 Å². The van der Waals surface area contributed by atoms with Crippen LogP contribution in [-0.2, 0) is 26.9 Å². The fourth-order valence-electron chi connectivity index (χ4n) is 5.20. The molecule has 0 fully saturated rings. The molecule has 0 aliphatic rings. The average molecular weight is 417 g/mol. The van der Waals surface area contributed by atoms with E-state index in [1.165, 1.54) is 55.4 Å². The van der Waals surface area contributed by atoms with E-state index in [2.05, 4.69) is 109 Å².